The van der Waals surface area contributed by atoms with E-state index in [2.05, 4.69) is 67.8 Å². The maximum atomic E-state index is 13.2. The molecule has 0 spiro atoms. The largest absolute Gasteiger partial charge is 0.394 e. The first kappa shape index (κ1) is 62.8. The highest BCUT2D eigenvalue weighted by atomic mass is 16.8. The molecule has 3 fully saturated rings. The van der Waals surface area contributed by atoms with Crippen LogP contribution in [0.2, 0.25) is 0 Å². The fourth-order valence-corrected chi connectivity index (χ4v) is 8.39. The zero-order valence-corrected chi connectivity index (χ0v) is 41.9. The summed E-state index contributed by atoms with van der Waals surface area (Å²) in [5.41, 5.74) is 0. The number of unbranched alkanes of at least 4 members (excludes halogenated alkanes) is 11. The molecule has 0 aliphatic carbocycles. The van der Waals surface area contributed by atoms with Crippen LogP contribution in [0.5, 0.6) is 0 Å². The number of ether oxygens (including phenoxy) is 6. The Balaban J connectivity index is 1.51. The molecule has 71 heavy (non-hydrogen) atoms. The van der Waals surface area contributed by atoms with Gasteiger partial charge < -0.3 is 89.9 Å². The van der Waals surface area contributed by atoms with Crippen LogP contribution >= 0.6 is 0 Å². The Hall–Kier alpha value is -2.51. The Morgan fingerprint density at radius 2 is 0.972 bits per heavy atom. The first-order valence-corrected chi connectivity index (χ1v) is 26.0. The van der Waals surface area contributed by atoms with E-state index in [0.717, 1.165) is 77.0 Å². The van der Waals surface area contributed by atoms with E-state index in [4.69, 9.17) is 28.4 Å². The van der Waals surface area contributed by atoms with Crippen LogP contribution in [-0.2, 0) is 33.2 Å². The predicted molar refractivity (Wildman–Crippen MR) is 263 cm³/mol. The number of carbonyl (C=O) groups is 1. The highest BCUT2D eigenvalue weighted by Crippen LogP contribution is 2.33. The lowest BCUT2D eigenvalue weighted by Crippen LogP contribution is -2.66. The number of hydrogen-bond donors (Lipinski definition) is 12. The van der Waals surface area contributed by atoms with Gasteiger partial charge >= 0.3 is 0 Å². The minimum Gasteiger partial charge on any atom is -0.394 e. The molecule has 12 N–H and O–H groups in total. The molecule has 3 aliphatic heterocycles. The number of amides is 1. The lowest BCUT2D eigenvalue weighted by Gasteiger charge is -2.48. The summed E-state index contributed by atoms with van der Waals surface area (Å²) in [6, 6.07) is -0.995. The molecular formula is C52H89NO18. The number of allylic oxidation sites excluding steroid dienone is 9. The maximum Gasteiger partial charge on any atom is 0.220 e. The van der Waals surface area contributed by atoms with Crippen LogP contribution in [0.15, 0.2) is 60.8 Å². The molecule has 0 aromatic rings. The molecular weight excluding hydrogens is 927 g/mol. The van der Waals surface area contributed by atoms with Gasteiger partial charge in [0, 0.05) is 6.42 Å². The Morgan fingerprint density at radius 1 is 0.507 bits per heavy atom. The smallest absolute Gasteiger partial charge is 0.220 e. The van der Waals surface area contributed by atoms with Crippen molar-refractivity contribution in [1.29, 1.82) is 0 Å². The summed E-state index contributed by atoms with van der Waals surface area (Å²) in [4.78, 5) is 13.2. The number of aliphatic hydroxyl groups is 11. The van der Waals surface area contributed by atoms with Crippen molar-refractivity contribution in [3.8, 4) is 0 Å². The van der Waals surface area contributed by atoms with Crippen molar-refractivity contribution in [2.75, 3.05) is 26.4 Å². The van der Waals surface area contributed by atoms with E-state index in [1.165, 1.54) is 19.3 Å². The second kappa shape index (κ2) is 36.4. The van der Waals surface area contributed by atoms with Crippen molar-refractivity contribution >= 4 is 5.91 Å². The lowest BCUT2D eigenvalue weighted by atomic mass is 9.96. The van der Waals surface area contributed by atoms with E-state index in [1.807, 2.05) is 0 Å². The Kier molecular flexibility index (Phi) is 32.2. The van der Waals surface area contributed by atoms with Gasteiger partial charge in [0.05, 0.1) is 38.6 Å². The number of aliphatic hydroxyl groups excluding tert-OH is 11. The third kappa shape index (κ3) is 22.1. The molecule has 0 aromatic carbocycles. The first-order valence-electron chi connectivity index (χ1n) is 26.0. The molecule has 19 nitrogen and oxygen atoms in total. The number of hydrogen-bond acceptors (Lipinski definition) is 18. The van der Waals surface area contributed by atoms with Gasteiger partial charge in [0.25, 0.3) is 0 Å². The summed E-state index contributed by atoms with van der Waals surface area (Å²) in [5, 5.41) is 119. The van der Waals surface area contributed by atoms with Crippen LogP contribution in [0.4, 0.5) is 0 Å². The Morgan fingerprint density at radius 3 is 1.55 bits per heavy atom. The van der Waals surface area contributed by atoms with Crippen LogP contribution in [0.25, 0.3) is 0 Å². The van der Waals surface area contributed by atoms with Crippen LogP contribution < -0.4 is 5.32 Å². The summed E-state index contributed by atoms with van der Waals surface area (Å²) in [7, 11) is 0. The second-order valence-electron chi connectivity index (χ2n) is 18.6. The monoisotopic (exact) mass is 1020 g/mol. The van der Waals surface area contributed by atoms with E-state index in [9.17, 15) is 61.0 Å². The van der Waals surface area contributed by atoms with Gasteiger partial charge in [0.15, 0.2) is 18.9 Å². The van der Waals surface area contributed by atoms with E-state index in [1.54, 1.807) is 12.2 Å². The first-order chi connectivity index (χ1) is 34.3. The number of carbonyl (C=O) groups excluding carboxylic acids is 1. The molecule has 3 heterocycles. The SMILES string of the molecule is CCC/C=C/CC/C=C/C(O)C(COC1OC(CO)C(OC2OC(CO)C(OC3OC(CO)C(O)C(O)C3O)C(O)C2O)C(O)C1O)NC(=O)CCCCCCCC/C=C\C/C=C\C/C=C\CCCCC. The third-order valence-corrected chi connectivity index (χ3v) is 12.8. The summed E-state index contributed by atoms with van der Waals surface area (Å²) in [6.07, 6.45) is 11.2. The molecule has 0 saturated carbocycles. The molecule has 0 bridgehead atoms. The van der Waals surface area contributed by atoms with E-state index in [-0.39, 0.29) is 18.9 Å². The topological polar surface area (TPSA) is 307 Å². The zero-order chi connectivity index (χ0) is 52.0. The van der Waals surface area contributed by atoms with Crippen LogP contribution in [0.1, 0.15) is 129 Å². The average Bonchev–Trinajstić information content (AvgIpc) is 3.36. The minimum atomic E-state index is -1.98. The van der Waals surface area contributed by atoms with Gasteiger partial charge in [-0.25, -0.2) is 0 Å². The van der Waals surface area contributed by atoms with E-state index >= 15 is 0 Å². The standard InChI is InChI=1S/C52H89NO18/c1-3-5-7-9-11-12-13-14-15-16-17-18-19-20-21-22-24-26-28-30-40(58)53-35(36(57)29-27-25-23-10-8-6-4-2)34-66-50-46(64)43(61)48(38(32-55)68-50)71-52-47(65)44(62)49(39(33-56)69-52)70-51-45(63)42(60)41(59)37(31-54)67-51/h8,10-12,14-15,17-18,27,29,35-39,41-52,54-57,59-65H,3-7,9,13,16,19-26,28,30-34H2,1-2H3,(H,53,58)/b10-8+,12-11-,15-14-,18-17-,29-27+. The fourth-order valence-electron chi connectivity index (χ4n) is 8.39. The van der Waals surface area contributed by atoms with Crippen LogP contribution in [-0.4, -0.2) is 193 Å². The van der Waals surface area contributed by atoms with E-state index < -0.39 is 124 Å². The van der Waals surface area contributed by atoms with Gasteiger partial charge in [0.2, 0.25) is 5.91 Å². The Bertz CT molecular complexity index is 1540. The minimum absolute atomic E-state index is 0.217. The highest BCUT2D eigenvalue weighted by Gasteiger charge is 2.53. The second-order valence-corrected chi connectivity index (χ2v) is 18.6. The summed E-state index contributed by atoms with van der Waals surface area (Å²) in [6.45, 7) is 1.49. The molecule has 0 aromatic heterocycles. The summed E-state index contributed by atoms with van der Waals surface area (Å²) in [5.74, 6) is -0.308. The molecule has 410 valence electrons. The molecule has 17 unspecified atom stereocenters. The van der Waals surface area contributed by atoms with Crippen molar-refractivity contribution in [2.45, 2.75) is 234 Å². The van der Waals surface area contributed by atoms with Gasteiger partial charge in [-0.1, -0.05) is 120 Å². The molecule has 3 saturated heterocycles. The van der Waals surface area contributed by atoms with Gasteiger partial charge in [-0.2, -0.15) is 0 Å². The highest BCUT2D eigenvalue weighted by molar-refractivity contribution is 5.76. The Labute approximate surface area is 420 Å². The quantitative estimate of drug-likeness (QED) is 0.0320. The molecule has 0 radical (unpaired) electrons. The normalized spacial score (nSPS) is 32.8. The van der Waals surface area contributed by atoms with Gasteiger partial charge in [-0.15, -0.1) is 0 Å². The third-order valence-electron chi connectivity index (χ3n) is 12.8. The molecule has 17 atom stereocenters. The predicted octanol–water partition coefficient (Wildman–Crippen LogP) is 2.14. The maximum absolute atomic E-state index is 13.2. The van der Waals surface area contributed by atoms with Crippen molar-refractivity contribution < 1.29 is 89.4 Å². The molecule has 1 amide bonds. The number of rotatable bonds is 35. The molecule has 3 rings (SSSR count). The van der Waals surface area contributed by atoms with E-state index in [0.29, 0.717) is 12.8 Å². The van der Waals surface area contributed by atoms with Crippen molar-refractivity contribution in [2.24, 2.45) is 0 Å². The average molecular weight is 1020 g/mol. The van der Waals surface area contributed by atoms with Crippen LogP contribution in [0, 0.1) is 0 Å². The lowest BCUT2D eigenvalue weighted by molar-refractivity contribution is -0.379. The van der Waals surface area contributed by atoms with Crippen molar-refractivity contribution in [1.82, 2.24) is 5.32 Å². The molecule has 19 heteroatoms. The van der Waals surface area contributed by atoms with Gasteiger partial charge in [-0.3, -0.25) is 4.79 Å². The van der Waals surface area contributed by atoms with Crippen molar-refractivity contribution in [3.63, 3.8) is 0 Å². The number of nitrogens with one attached hydrogen (secondary N) is 1. The fraction of sp³-hybridized carbons (Fsp3) is 0.788. The van der Waals surface area contributed by atoms with Gasteiger partial charge in [-0.05, 0) is 64.2 Å². The molecule has 3 aliphatic rings. The van der Waals surface area contributed by atoms with Crippen molar-refractivity contribution in [3.05, 3.63) is 60.8 Å². The summed E-state index contributed by atoms with van der Waals surface area (Å²) < 4.78 is 34.0. The van der Waals surface area contributed by atoms with Crippen LogP contribution in [0.3, 0.4) is 0 Å². The van der Waals surface area contributed by atoms with Gasteiger partial charge in [0.1, 0.15) is 73.2 Å². The zero-order valence-electron chi connectivity index (χ0n) is 41.9. The summed E-state index contributed by atoms with van der Waals surface area (Å²) >= 11 is 0.